The molecular formula is C25H23NO7. The fraction of sp³-hybridized carbons (Fsp3) is 0.320. The molecule has 2 aromatic rings. The molecule has 0 unspecified atom stereocenters. The Balaban J connectivity index is 2.03. The van der Waals surface area contributed by atoms with Crippen molar-refractivity contribution < 1.29 is 33.4 Å². The summed E-state index contributed by atoms with van der Waals surface area (Å²) in [6.07, 6.45) is -1.19. The third kappa shape index (κ3) is 3.16. The standard InChI is InChI=1S/C25H23NO7/c1-24(2,3)33-23(31)26-20(28)18-17(21(29)32-4)15-12-8-9-13-16(15)19(27)25(18,22(26)30)14-10-6-5-7-11-14/h5-13,17-18H,1-4H3/t17-,18-,25+/m1/s1. The Morgan fingerprint density at radius 2 is 1.55 bits per heavy atom. The number of rotatable bonds is 2. The van der Waals surface area contributed by atoms with Gasteiger partial charge in [0, 0.05) is 5.56 Å². The Kier molecular flexibility index (Phi) is 5.19. The number of amides is 3. The van der Waals surface area contributed by atoms with Crippen LogP contribution in [0.1, 0.15) is 48.2 Å². The number of carbonyl (C=O) groups excluding carboxylic acids is 5. The lowest BCUT2D eigenvalue weighted by Crippen LogP contribution is -2.54. The zero-order valence-corrected chi connectivity index (χ0v) is 18.7. The van der Waals surface area contributed by atoms with Crippen molar-refractivity contribution >= 4 is 29.7 Å². The average molecular weight is 449 g/mol. The Morgan fingerprint density at radius 3 is 2.15 bits per heavy atom. The minimum Gasteiger partial charge on any atom is -0.469 e. The lowest BCUT2D eigenvalue weighted by molar-refractivity contribution is -0.148. The molecule has 0 saturated carbocycles. The predicted octanol–water partition coefficient (Wildman–Crippen LogP) is 3.00. The van der Waals surface area contributed by atoms with E-state index in [4.69, 9.17) is 9.47 Å². The van der Waals surface area contributed by atoms with E-state index < -0.39 is 52.5 Å². The van der Waals surface area contributed by atoms with Gasteiger partial charge in [-0.1, -0.05) is 54.6 Å². The minimum absolute atomic E-state index is 0.125. The van der Waals surface area contributed by atoms with Crippen molar-refractivity contribution in [1.82, 2.24) is 4.90 Å². The Labute approximate surface area is 190 Å². The summed E-state index contributed by atoms with van der Waals surface area (Å²) >= 11 is 0. The molecule has 1 saturated heterocycles. The van der Waals surface area contributed by atoms with Crippen LogP contribution in [0.25, 0.3) is 0 Å². The second-order valence-corrected chi connectivity index (χ2v) is 9.03. The first-order chi connectivity index (χ1) is 15.6. The molecule has 8 nitrogen and oxygen atoms in total. The molecule has 0 spiro atoms. The number of hydrogen-bond acceptors (Lipinski definition) is 7. The van der Waals surface area contributed by atoms with Crippen molar-refractivity contribution in [2.45, 2.75) is 37.7 Å². The molecule has 1 aliphatic heterocycles. The van der Waals surface area contributed by atoms with Crippen molar-refractivity contribution in [3.05, 3.63) is 71.3 Å². The average Bonchev–Trinajstić information content (AvgIpc) is 3.01. The molecule has 3 atom stereocenters. The van der Waals surface area contributed by atoms with Gasteiger partial charge in [-0.25, -0.2) is 4.79 Å². The van der Waals surface area contributed by atoms with E-state index in [1.54, 1.807) is 57.2 Å². The molecule has 4 rings (SSSR count). The second kappa shape index (κ2) is 7.65. The number of likely N-dealkylation sites (tertiary alicyclic amines) is 1. The number of ether oxygens (including phenoxy) is 2. The lowest BCUT2D eigenvalue weighted by Gasteiger charge is -2.39. The van der Waals surface area contributed by atoms with Gasteiger partial charge in [-0.3, -0.25) is 19.2 Å². The number of benzene rings is 2. The summed E-state index contributed by atoms with van der Waals surface area (Å²) in [7, 11) is 1.17. The number of fused-ring (bicyclic) bond motifs is 2. The largest absolute Gasteiger partial charge is 0.469 e. The number of ketones is 1. The molecule has 0 aromatic heterocycles. The van der Waals surface area contributed by atoms with Crippen LogP contribution in [-0.2, 0) is 29.3 Å². The van der Waals surface area contributed by atoms with E-state index in [9.17, 15) is 24.0 Å². The van der Waals surface area contributed by atoms with Crippen LogP contribution in [0.2, 0.25) is 0 Å². The topological polar surface area (TPSA) is 107 Å². The van der Waals surface area contributed by atoms with Crippen LogP contribution < -0.4 is 0 Å². The zero-order valence-electron chi connectivity index (χ0n) is 18.7. The quantitative estimate of drug-likeness (QED) is 0.394. The number of methoxy groups -OCH3 is 1. The molecule has 170 valence electrons. The maximum Gasteiger partial charge on any atom is 0.424 e. The SMILES string of the molecule is COC(=O)[C@@H]1c2ccccc2C(=O)[C@@]2(c3ccccc3)C(=O)N(C(=O)OC(C)(C)C)C(=O)[C@@H]12. The maximum absolute atomic E-state index is 14.0. The van der Waals surface area contributed by atoms with E-state index >= 15 is 0 Å². The summed E-state index contributed by atoms with van der Waals surface area (Å²) in [5.41, 5.74) is -2.49. The van der Waals surface area contributed by atoms with Gasteiger partial charge >= 0.3 is 12.1 Å². The van der Waals surface area contributed by atoms with Gasteiger partial charge in [0.25, 0.3) is 5.91 Å². The molecule has 2 aromatic carbocycles. The molecule has 1 fully saturated rings. The van der Waals surface area contributed by atoms with Crippen LogP contribution in [0.5, 0.6) is 0 Å². The van der Waals surface area contributed by atoms with Crippen molar-refractivity contribution in [2.75, 3.05) is 7.11 Å². The van der Waals surface area contributed by atoms with Crippen LogP contribution in [0.4, 0.5) is 4.79 Å². The Morgan fingerprint density at radius 1 is 0.939 bits per heavy atom. The Hall–Kier alpha value is -3.81. The van der Waals surface area contributed by atoms with Crippen molar-refractivity contribution in [3.8, 4) is 0 Å². The van der Waals surface area contributed by atoms with E-state index in [-0.39, 0.29) is 16.7 Å². The number of esters is 1. The van der Waals surface area contributed by atoms with E-state index in [1.165, 1.54) is 25.3 Å². The highest BCUT2D eigenvalue weighted by Crippen LogP contribution is 2.54. The van der Waals surface area contributed by atoms with Gasteiger partial charge in [0.05, 0.1) is 18.9 Å². The van der Waals surface area contributed by atoms with Gasteiger partial charge in [0.2, 0.25) is 5.91 Å². The first kappa shape index (κ1) is 22.4. The number of imide groups is 3. The normalized spacial score (nSPS) is 24.2. The molecule has 1 aliphatic carbocycles. The van der Waals surface area contributed by atoms with Crippen LogP contribution in [0.15, 0.2) is 54.6 Å². The second-order valence-electron chi connectivity index (χ2n) is 9.03. The van der Waals surface area contributed by atoms with Crippen LogP contribution in [-0.4, -0.2) is 47.3 Å². The summed E-state index contributed by atoms with van der Waals surface area (Å²) in [4.78, 5) is 67.9. The fourth-order valence-corrected chi connectivity index (χ4v) is 4.74. The van der Waals surface area contributed by atoms with Gasteiger partial charge in [-0.05, 0) is 31.9 Å². The highest BCUT2D eigenvalue weighted by atomic mass is 16.6. The molecule has 0 N–H and O–H groups in total. The summed E-state index contributed by atoms with van der Waals surface area (Å²) < 4.78 is 10.3. The summed E-state index contributed by atoms with van der Waals surface area (Å²) in [6.45, 7) is 4.77. The minimum atomic E-state index is -2.11. The number of nitrogens with zero attached hydrogens (tertiary/aromatic N) is 1. The summed E-state index contributed by atoms with van der Waals surface area (Å²) in [6, 6.07) is 14.3. The number of carbonyl (C=O) groups is 5. The van der Waals surface area contributed by atoms with Crippen LogP contribution >= 0.6 is 0 Å². The zero-order chi connectivity index (χ0) is 24.1. The Bertz CT molecular complexity index is 1180. The molecule has 3 amide bonds. The van der Waals surface area contributed by atoms with E-state index in [0.29, 0.717) is 4.90 Å². The van der Waals surface area contributed by atoms with E-state index in [2.05, 4.69) is 0 Å². The van der Waals surface area contributed by atoms with Gasteiger partial charge in [0.15, 0.2) is 11.2 Å². The van der Waals surface area contributed by atoms with E-state index in [0.717, 1.165) is 0 Å². The van der Waals surface area contributed by atoms with E-state index in [1.807, 2.05) is 0 Å². The molecule has 0 bridgehead atoms. The van der Waals surface area contributed by atoms with Gasteiger partial charge in [-0.15, -0.1) is 0 Å². The molecule has 8 heteroatoms. The maximum atomic E-state index is 14.0. The highest BCUT2D eigenvalue weighted by molar-refractivity contribution is 6.33. The van der Waals surface area contributed by atoms with Crippen LogP contribution in [0.3, 0.4) is 0 Å². The molecule has 2 aliphatic rings. The summed E-state index contributed by atoms with van der Waals surface area (Å²) in [5, 5.41) is 0. The first-order valence-corrected chi connectivity index (χ1v) is 10.4. The smallest absolute Gasteiger partial charge is 0.424 e. The highest BCUT2D eigenvalue weighted by Gasteiger charge is 2.72. The van der Waals surface area contributed by atoms with Gasteiger partial charge in [-0.2, -0.15) is 4.90 Å². The molecular weight excluding hydrogens is 426 g/mol. The van der Waals surface area contributed by atoms with Crippen molar-refractivity contribution in [3.63, 3.8) is 0 Å². The predicted molar refractivity (Wildman–Crippen MR) is 115 cm³/mol. The number of Topliss-reactive ketones (excluding diaryl/α,β-unsaturated/α-hetero) is 1. The third-order valence-corrected chi connectivity index (χ3v) is 5.99. The van der Waals surface area contributed by atoms with Crippen molar-refractivity contribution in [1.29, 1.82) is 0 Å². The molecule has 1 heterocycles. The fourth-order valence-electron chi connectivity index (χ4n) is 4.74. The third-order valence-electron chi connectivity index (χ3n) is 5.99. The first-order valence-electron chi connectivity index (χ1n) is 10.4. The van der Waals surface area contributed by atoms with Gasteiger partial charge < -0.3 is 9.47 Å². The summed E-state index contributed by atoms with van der Waals surface area (Å²) in [5.74, 6) is -6.23. The molecule has 33 heavy (non-hydrogen) atoms. The van der Waals surface area contributed by atoms with Crippen molar-refractivity contribution in [2.24, 2.45) is 5.92 Å². The monoisotopic (exact) mass is 449 g/mol. The molecule has 0 radical (unpaired) electrons. The van der Waals surface area contributed by atoms with Gasteiger partial charge in [0.1, 0.15) is 5.60 Å². The van der Waals surface area contributed by atoms with Crippen LogP contribution in [0, 0.1) is 5.92 Å². The lowest BCUT2D eigenvalue weighted by atomic mass is 9.57. The number of hydrogen-bond donors (Lipinski definition) is 0.